The fraction of sp³-hybridized carbons (Fsp3) is 0.526. The first kappa shape index (κ1) is 23.2. The Morgan fingerprint density at radius 3 is 2.56 bits per heavy atom. The van der Waals surface area contributed by atoms with Gasteiger partial charge < -0.3 is 19.5 Å². The zero-order valence-corrected chi connectivity index (χ0v) is 19.1. The number of nitrogens with one attached hydrogen (secondary N) is 1. The molecular formula is C19H30IN5O2. The maximum Gasteiger partial charge on any atom is 0.226 e. The molecule has 0 saturated carbocycles. The van der Waals surface area contributed by atoms with Gasteiger partial charge in [0.15, 0.2) is 11.8 Å². The number of hydrogen-bond donors (Lipinski definition) is 1. The lowest BCUT2D eigenvalue weighted by atomic mass is 10.2. The maximum atomic E-state index is 5.26. The molecule has 7 nitrogen and oxygen atoms in total. The lowest BCUT2D eigenvalue weighted by molar-refractivity contribution is 0.368. The molecule has 2 aromatic rings. The lowest BCUT2D eigenvalue weighted by Crippen LogP contribution is -2.39. The predicted octanol–water partition coefficient (Wildman–Crippen LogP) is 3.46. The SMILES string of the molecule is CN=C(NCCCc1nc(C(C)C)no1)N(C)Cc1ccc(OC)cc1.I. The van der Waals surface area contributed by atoms with Gasteiger partial charge in [0.2, 0.25) is 5.89 Å². The number of ether oxygens (including phenoxy) is 1. The summed E-state index contributed by atoms with van der Waals surface area (Å²) in [5, 5.41) is 7.36. The van der Waals surface area contributed by atoms with E-state index in [2.05, 4.69) is 51.3 Å². The summed E-state index contributed by atoms with van der Waals surface area (Å²) in [5.74, 6) is 3.46. The monoisotopic (exact) mass is 487 g/mol. The quantitative estimate of drug-likeness (QED) is 0.266. The molecular weight excluding hydrogens is 457 g/mol. The standard InChI is InChI=1S/C19H29N5O2.HI/c1-14(2)18-22-17(26-23-18)7-6-12-21-19(20-3)24(4)13-15-8-10-16(25-5)11-9-15;/h8-11,14H,6-7,12-13H2,1-5H3,(H,20,21);1H. The fourth-order valence-corrected chi connectivity index (χ4v) is 2.51. The molecule has 0 aliphatic carbocycles. The van der Waals surface area contributed by atoms with Gasteiger partial charge in [-0.05, 0) is 24.1 Å². The first-order valence-corrected chi connectivity index (χ1v) is 8.90. The highest BCUT2D eigenvalue weighted by Crippen LogP contribution is 2.13. The molecule has 150 valence electrons. The van der Waals surface area contributed by atoms with Crippen LogP contribution in [0, 0.1) is 0 Å². The number of halogens is 1. The van der Waals surface area contributed by atoms with Crippen molar-refractivity contribution in [3.8, 4) is 5.75 Å². The molecule has 1 heterocycles. The summed E-state index contributed by atoms with van der Waals surface area (Å²) in [7, 11) is 5.48. The van der Waals surface area contributed by atoms with E-state index in [-0.39, 0.29) is 29.9 Å². The van der Waals surface area contributed by atoms with Gasteiger partial charge in [0.05, 0.1) is 7.11 Å². The molecule has 1 aromatic heterocycles. The first-order chi connectivity index (χ1) is 12.5. The van der Waals surface area contributed by atoms with E-state index in [1.54, 1.807) is 14.2 Å². The van der Waals surface area contributed by atoms with Gasteiger partial charge in [-0.2, -0.15) is 4.98 Å². The summed E-state index contributed by atoms with van der Waals surface area (Å²) >= 11 is 0. The van der Waals surface area contributed by atoms with E-state index < -0.39 is 0 Å². The minimum absolute atomic E-state index is 0. The van der Waals surface area contributed by atoms with Gasteiger partial charge in [0.25, 0.3) is 0 Å². The molecule has 8 heteroatoms. The van der Waals surface area contributed by atoms with Crippen LogP contribution >= 0.6 is 24.0 Å². The third-order valence-corrected chi connectivity index (χ3v) is 4.00. The van der Waals surface area contributed by atoms with E-state index >= 15 is 0 Å². The molecule has 0 unspecified atom stereocenters. The van der Waals surface area contributed by atoms with Crippen LogP contribution in [0.15, 0.2) is 33.8 Å². The van der Waals surface area contributed by atoms with Crippen molar-refractivity contribution in [3.05, 3.63) is 41.5 Å². The van der Waals surface area contributed by atoms with Crippen molar-refractivity contribution < 1.29 is 9.26 Å². The molecule has 0 fully saturated rings. The van der Waals surface area contributed by atoms with Crippen LogP contribution in [0.3, 0.4) is 0 Å². The summed E-state index contributed by atoms with van der Waals surface area (Å²) in [4.78, 5) is 10.8. The van der Waals surface area contributed by atoms with Crippen LogP contribution in [0.5, 0.6) is 5.75 Å². The first-order valence-electron chi connectivity index (χ1n) is 8.90. The maximum absolute atomic E-state index is 5.26. The van der Waals surface area contributed by atoms with Gasteiger partial charge in [-0.25, -0.2) is 0 Å². The molecule has 0 radical (unpaired) electrons. The number of methoxy groups -OCH3 is 1. The number of nitrogens with zero attached hydrogens (tertiary/aromatic N) is 4. The molecule has 2 rings (SSSR count). The highest BCUT2D eigenvalue weighted by atomic mass is 127. The molecule has 0 amide bonds. The minimum atomic E-state index is 0. The zero-order valence-electron chi connectivity index (χ0n) is 16.7. The van der Waals surface area contributed by atoms with Crippen LogP contribution < -0.4 is 10.1 Å². The Balaban J connectivity index is 0.00000364. The molecule has 0 aliphatic rings. The fourth-order valence-electron chi connectivity index (χ4n) is 2.51. The van der Waals surface area contributed by atoms with Gasteiger partial charge in [-0.1, -0.05) is 31.1 Å². The lowest BCUT2D eigenvalue weighted by Gasteiger charge is -2.22. The van der Waals surface area contributed by atoms with Crippen LogP contribution in [0.4, 0.5) is 0 Å². The van der Waals surface area contributed by atoms with Gasteiger partial charge in [-0.15, -0.1) is 24.0 Å². The Kier molecular flexibility index (Phi) is 10.1. The normalized spacial score (nSPS) is 11.3. The zero-order chi connectivity index (χ0) is 18.9. The summed E-state index contributed by atoms with van der Waals surface area (Å²) in [6.45, 7) is 5.67. The summed E-state index contributed by atoms with van der Waals surface area (Å²) in [6.07, 6.45) is 1.65. The van der Waals surface area contributed by atoms with E-state index in [4.69, 9.17) is 9.26 Å². The van der Waals surface area contributed by atoms with E-state index in [1.165, 1.54) is 5.56 Å². The smallest absolute Gasteiger partial charge is 0.226 e. The second-order valence-corrected chi connectivity index (χ2v) is 6.48. The van der Waals surface area contributed by atoms with E-state index in [0.29, 0.717) is 5.89 Å². The third-order valence-electron chi connectivity index (χ3n) is 4.00. The van der Waals surface area contributed by atoms with E-state index in [9.17, 15) is 0 Å². The molecule has 0 bridgehead atoms. The van der Waals surface area contributed by atoms with Crippen molar-refractivity contribution in [2.45, 2.75) is 39.2 Å². The summed E-state index contributed by atoms with van der Waals surface area (Å²) in [6, 6.07) is 8.05. The number of aliphatic imine (C=N–C) groups is 1. The molecule has 0 atom stereocenters. The number of aryl methyl sites for hydroxylation is 1. The number of rotatable bonds is 8. The highest BCUT2D eigenvalue weighted by molar-refractivity contribution is 14.0. The predicted molar refractivity (Wildman–Crippen MR) is 118 cm³/mol. The van der Waals surface area contributed by atoms with Crippen molar-refractivity contribution in [2.75, 3.05) is 27.7 Å². The molecule has 1 N–H and O–H groups in total. The van der Waals surface area contributed by atoms with Crippen molar-refractivity contribution in [1.29, 1.82) is 0 Å². The van der Waals surface area contributed by atoms with Gasteiger partial charge in [0, 0.05) is 39.5 Å². The molecule has 27 heavy (non-hydrogen) atoms. The van der Waals surface area contributed by atoms with Crippen molar-refractivity contribution in [1.82, 2.24) is 20.4 Å². The van der Waals surface area contributed by atoms with Crippen LogP contribution in [0.25, 0.3) is 0 Å². The Morgan fingerprint density at radius 2 is 2.00 bits per heavy atom. The van der Waals surface area contributed by atoms with Crippen LogP contribution in [-0.2, 0) is 13.0 Å². The molecule has 1 aromatic carbocycles. The van der Waals surface area contributed by atoms with Crippen LogP contribution in [-0.4, -0.2) is 48.8 Å². The van der Waals surface area contributed by atoms with E-state index in [0.717, 1.165) is 43.5 Å². The van der Waals surface area contributed by atoms with Crippen LogP contribution in [0.2, 0.25) is 0 Å². The molecule has 0 aliphatic heterocycles. The van der Waals surface area contributed by atoms with Gasteiger partial charge >= 0.3 is 0 Å². The van der Waals surface area contributed by atoms with Crippen LogP contribution in [0.1, 0.15) is 43.5 Å². The molecule has 0 spiro atoms. The van der Waals surface area contributed by atoms with Crippen molar-refractivity contribution in [3.63, 3.8) is 0 Å². The Labute approximate surface area is 178 Å². The number of guanidine groups is 1. The average molecular weight is 487 g/mol. The topological polar surface area (TPSA) is 75.8 Å². The summed E-state index contributed by atoms with van der Waals surface area (Å²) < 4.78 is 10.5. The Bertz CT molecular complexity index is 700. The van der Waals surface area contributed by atoms with Gasteiger partial charge in [0.1, 0.15) is 5.75 Å². The average Bonchev–Trinajstić information content (AvgIpc) is 3.11. The Morgan fingerprint density at radius 1 is 1.30 bits per heavy atom. The molecule has 0 saturated heterocycles. The van der Waals surface area contributed by atoms with Crippen molar-refractivity contribution in [2.24, 2.45) is 4.99 Å². The second kappa shape index (κ2) is 11.8. The van der Waals surface area contributed by atoms with E-state index in [1.807, 2.05) is 19.2 Å². The third kappa shape index (κ3) is 7.36. The largest absolute Gasteiger partial charge is 0.497 e. The number of hydrogen-bond acceptors (Lipinski definition) is 5. The Hall–Kier alpha value is -1.84. The van der Waals surface area contributed by atoms with Crippen molar-refractivity contribution >= 4 is 29.9 Å². The number of aromatic nitrogens is 2. The highest BCUT2D eigenvalue weighted by Gasteiger charge is 2.10. The summed E-state index contributed by atoms with van der Waals surface area (Å²) in [5.41, 5.74) is 1.20. The number of benzene rings is 1. The second-order valence-electron chi connectivity index (χ2n) is 6.48. The minimum Gasteiger partial charge on any atom is -0.497 e. The van der Waals surface area contributed by atoms with Gasteiger partial charge in [-0.3, -0.25) is 4.99 Å².